The summed E-state index contributed by atoms with van der Waals surface area (Å²) in [7, 11) is 0. The molecule has 0 radical (unpaired) electrons. The summed E-state index contributed by atoms with van der Waals surface area (Å²) in [4.78, 5) is 12.8. The molecule has 1 N–H and O–H groups in total. The maximum atomic E-state index is 10.7. The van der Waals surface area contributed by atoms with Crippen molar-refractivity contribution in [2.24, 2.45) is 0 Å². The summed E-state index contributed by atoms with van der Waals surface area (Å²) in [5, 5.41) is 14.3. The van der Waals surface area contributed by atoms with Gasteiger partial charge in [0.25, 0.3) is 5.69 Å². The number of nitro groups is 1. The number of benzene rings is 1. The van der Waals surface area contributed by atoms with E-state index in [1.807, 2.05) is 12.1 Å². The minimum atomic E-state index is -0.337. The Bertz CT molecular complexity index is 469. The molecule has 2 saturated heterocycles. The Kier molecular flexibility index (Phi) is 3.87. The van der Waals surface area contributed by atoms with Crippen molar-refractivity contribution >= 4 is 11.4 Å². The van der Waals surface area contributed by atoms with Gasteiger partial charge in [0.2, 0.25) is 0 Å². The molecule has 2 heterocycles. The minimum Gasteiger partial charge on any atom is -0.367 e. The van der Waals surface area contributed by atoms with E-state index >= 15 is 0 Å². The highest BCUT2D eigenvalue weighted by atomic mass is 16.6. The first kappa shape index (κ1) is 13.4. The van der Waals surface area contributed by atoms with Gasteiger partial charge < -0.3 is 10.2 Å². The monoisotopic (exact) mass is 275 g/mol. The maximum Gasteiger partial charge on any atom is 0.269 e. The SMILES string of the molecule is O=[N+]([O-])c1ccc(N2CCCCC2C2CCCN2)cc1. The summed E-state index contributed by atoms with van der Waals surface area (Å²) in [6.07, 6.45) is 6.21. The predicted octanol–water partition coefficient (Wildman–Crippen LogP) is 2.71. The van der Waals surface area contributed by atoms with Gasteiger partial charge in [-0.25, -0.2) is 0 Å². The van der Waals surface area contributed by atoms with Gasteiger partial charge in [0.15, 0.2) is 0 Å². The van der Waals surface area contributed by atoms with Crippen molar-refractivity contribution in [3.63, 3.8) is 0 Å². The van der Waals surface area contributed by atoms with E-state index in [-0.39, 0.29) is 10.6 Å². The molecule has 2 unspecified atom stereocenters. The molecule has 5 nitrogen and oxygen atoms in total. The van der Waals surface area contributed by atoms with E-state index < -0.39 is 0 Å². The Labute approximate surface area is 119 Å². The molecule has 1 aromatic carbocycles. The van der Waals surface area contributed by atoms with Gasteiger partial charge in [-0.05, 0) is 50.8 Å². The molecular weight excluding hydrogens is 254 g/mol. The molecule has 0 aromatic heterocycles. The van der Waals surface area contributed by atoms with Gasteiger partial charge in [0.1, 0.15) is 0 Å². The molecule has 1 aromatic rings. The van der Waals surface area contributed by atoms with Crippen LogP contribution in [0.1, 0.15) is 32.1 Å². The number of piperidine rings is 1. The zero-order chi connectivity index (χ0) is 13.9. The number of nitro benzene ring substituents is 1. The van der Waals surface area contributed by atoms with Crippen LogP contribution < -0.4 is 10.2 Å². The first-order valence-corrected chi connectivity index (χ1v) is 7.50. The lowest BCUT2D eigenvalue weighted by atomic mass is 9.94. The van der Waals surface area contributed by atoms with E-state index in [9.17, 15) is 10.1 Å². The summed E-state index contributed by atoms with van der Waals surface area (Å²) >= 11 is 0. The zero-order valence-electron chi connectivity index (χ0n) is 11.6. The molecule has 108 valence electrons. The van der Waals surface area contributed by atoms with Crippen LogP contribution in [0, 0.1) is 10.1 Å². The van der Waals surface area contributed by atoms with Crippen LogP contribution in [0.4, 0.5) is 11.4 Å². The van der Waals surface area contributed by atoms with Crippen LogP contribution in [-0.2, 0) is 0 Å². The van der Waals surface area contributed by atoms with Crippen molar-refractivity contribution in [3.05, 3.63) is 34.4 Å². The van der Waals surface area contributed by atoms with Gasteiger partial charge in [-0.2, -0.15) is 0 Å². The van der Waals surface area contributed by atoms with Crippen LogP contribution in [-0.4, -0.2) is 30.1 Å². The van der Waals surface area contributed by atoms with Gasteiger partial charge in [-0.1, -0.05) is 0 Å². The van der Waals surface area contributed by atoms with E-state index in [2.05, 4.69) is 10.2 Å². The summed E-state index contributed by atoms with van der Waals surface area (Å²) < 4.78 is 0. The van der Waals surface area contributed by atoms with Crippen molar-refractivity contribution in [1.82, 2.24) is 5.32 Å². The Morgan fingerprint density at radius 1 is 1.15 bits per heavy atom. The number of anilines is 1. The third-order valence-electron chi connectivity index (χ3n) is 4.50. The molecule has 5 heteroatoms. The number of nitrogens with one attached hydrogen (secondary N) is 1. The van der Waals surface area contributed by atoms with E-state index in [0.717, 1.165) is 18.8 Å². The molecule has 2 fully saturated rings. The fourth-order valence-electron chi connectivity index (χ4n) is 3.50. The Morgan fingerprint density at radius 3 is 2.60 bits per heavy atom. The molecule has 2 aliphatic heterocycles. The molecule has 0 aliphatic carbocycles. The second kappa shape index (κ2) is 5.79. The van der Waals surface area contributed by atoms with E-state index in [1.165, 1.54) is 32.1 Å². The van der Waals surface area contributed by atoms with Crippen LogP contribution in [0.5, 0.6) is 0 Å². The predicted molar refractivity (Wildman–Crippen MR) is 79.1 cm³/mol. The zero-order valence-corrected chi connectivity index (χ0v) is 11.6. The van der Waals surface area contributed by atoms with Crippen LogP contribution in [0.3, 0.4) is 0 Å². The topological polar surface area (TPSA) is 58.4 Å². The van der Waals surface area contributed by atoms with E-state index in [4.69, 9.17) is 0 Å². The van der Waals surface area contributed by atoms with Gasteiger partial charge in [-0.15, -0.1) is 0 Å². The van der Waals surface area contributed by atoms with Crippen LogP contribution in [0.25, 0.3) is 0 Å². The van der Waals surface area contributed by atoms with Gasteiger partial charge >= 0.3 is 0 Å². The number of hydrogen-bond acceptors (Lipinski definition) is 4. The average molecular weight is 275 g/mol. The number of hydrogen-bond donors (Lipinski definition) is 1. The summed E-state index contributed by atoms with van der Waals surface area (Å²) in [5.74, 6) is 0. The largest absolute Gasteiger partial charge is 0.367 e. The Morgan fingerprint density at radius 2 is 1.95 bits per heavy atom. The number of rotatable bonds is 3. The van der Waals surface area contributed by atoms with Crippen molar-refractivity contribution in [3.8, 4) is 0 Å². The van der Waals surface area contributed by atoms with Crippen LogP contribution in [0.2, 0.25) is 0 Å². The smallest absolute Gasteiger partial charge is 0.269 e. The number of nitrogens with zero attached hydrogens (tertiary/aromatic N) is 2. The van der Waals surface area contributed by atoms with Crippen LogP contribution >= 0.6 is 0 Å². The first-order chi connectivity index (χ1) is 9.75. The molecule has 2 aliphatic rings. The lowest BCUT2D eigenvalue weighted by Crippen LogP contribution is -2.50. The quantitative estimate of drug-likeness (QED) is 0.680. The lowest BCUT2D eigenvalue weighted by molar-refractivity contribution is -0.384. The fraction of sp³-hybridized carbons (Fsp3) is 0.600. The normalized spacial score (nSPS) is 26.7. The van der Waals surface area contributed by atoms with Crippen molar-refractivity contribution < 1.29 is 4.92 Å². The second-order valence-corrected chi connectivity index (χ2v) is 5.73. The molecule has 2 atom stereocenters. The highest BCUT2D eigenvalue weighted by Crippen LogP contribution is 2.30. The van der Waals surface area contributed by atoms with Gasteiger partial charge in [0, 0.05) is 36.4 Å². The summed E-state index contributed by atoms with van der Waals surface area (Å²) in [6, 6.07) is 8.13. The molecule has 0 spiro atoms. The third kappa shape index (κ3) is 2.63. The van der Waals surface area contributed by atoms with Crippen molar-refractivity contribution in [1.29, 1.82) is 0 Å². The number of non-ortho nitro benzene ring substituents is 1. The molecule has 0 bridgehead atoms. The van der Waals surface area contributed by atoms with E-state index in [1.54, 1.807) is 12.1 Å². The summed E-state index contributed by atoms with van der Waals surface area (Å²) in [6.45, 7) is 2.18. The van der Waals surface area contributed by atoms with Crippen LogP contribution in [0.15, 0.2) is 24.3 Å². The molecule has 0 amide bonds. The van der Waals surface area contributed by atoms with Crippen molar-refractivity contribution in [2.45, 2.75) is 44.2 Å². The fourth-order valence-corrected chi connectivity index (χ4v) is 3.50. The minimum absolute atomic E-state index is 0.168. The first-order valence-electron chi connectivity index (χ1n) is 7.50. The molecule has 3 rings (SSSR count). The summed E-state index contributed by atoms with van der Waals surface area (Å²) in [5.41, 5.74) is 1.29. The molecule has 0 saturated carbocycles. The lowest BCUT2D eigenvalue weighted by Gasteiger charge is -2.41. The standard InChI is InChI=1S/C15H21N3O2/c19-18(20)13-8-6-12(7-9-13)17-11-2-1-5-15(17)14-4-3-10-16-14/h6-9,14-16H,1-5,10-11H2. The maximum absolute atomic E-state index is 10.7. The van der Waals surface area contributed by atoms with E-state index in [0.29, 0.717) is 12.1 Å². The Balaban J connectivity index is 1.79. The highest BCUT2D eigenvalue weighted by Gasteiger charge is 2.31. The van der Waals surface area contributed by atoms with Gasteiger partial charge in [-0.3, -0.25) is 10.1 Å². The van der Waals surface area contributed by atoms with Crippen molar-refractivity contribution in [2.75, 3.05) is 18.0 Å². The highest BCUT2D eigenvalue weighted by molar-refractivity contribution is 5.52. The second-order valence-electron chi connectivity index (χ2n) is 5.73. The average Bonchev–Trinajstić information content (AvgIpc) is 3.01. The van der Waals surface area contributed by atoms with Gasteiger partial charge in [0.05, 0.1) is 4.92 Å². The Hall–Kier alpha value is -1.62. The molecular formula is C15H21N3O2. The third-order valence-corrected chi connectivity index (χ3v) is 4.50. The molecule has 20 heavy (non-hydrogen) atoms.